The minimum Gasteiger partial charge on any atom is -0.351 e. The van der Waals surface area contributed by atoms with Crippen LogP contribution in [0.25, 0.3) is 11.5 Å². The molecule has 1 aliphatic heterocycles. The van der Waals surface area contributed by atoms with Gasteiger partial charge in [-0.25, -0.2) is 4.98 Å². The summed E-state index contributed by atoms with van der Waals surface area (Å²) in [5.41, 5.74) is 4.57. The van der Waals surface area contributed by atoms with E-state index in [1.54, 1.807) is 6.92 Å². The van der Waals surface area contributed by atoms with Crippen molar-refractivity contribution in [2.45, 2.75) is 38.5 Å². The van der Waals surface area contributed by atoms with E-state index in [0.717, 1.165) is 37.6 Å². The molecule has 1 aliphatic carbocycles. The van der Waals surface area contributed by atoms with E-state index in [0.29, 0.717) is 0 Å². The van der Waals surface area contributed by atoms with Crippen LogP contribution in [0, 0.1) is 0 Å². The molecule has 7 heteroatoms. The summed E-state index contributed by atoms with van der Waals surface area (Å²) in [7, 11) is 0. The highest BCUT2D eigenvalue weighted by molar-refractivity contribution is 5.73. The van der Waals surface area contributed by atoms with E-state index in [-0.39, 0.29) is 18.0 Å². The summed E-state index contributed by atoms with van der Waals surface area (Å²) in [6.45, 7) is 4.21. The average Bonchev–Trinajstić information content (AvgIpc) is 3.36. The van der Waals surface area contributed by atoms with Gasteiger partial charge >= 0.3 is 0 Å². The molecule has 0 unspecified atom stereocenters. The van der Waals surface area contributed by atoms with Gasteiger partial charge in [0.05, 0.1) is 24.3 Å². The SMILES string of the molecule is CC(=O)N[C@@H]1Cc2ccccc2[C@H]1n1ccnc1-c1cc2n(n1)CCNC2. The van der Waals surface area contributed by atoms with Crippen LogP contribution in [-0.2, 0) is 24.3 Å². The molecular formula is C20H22N6O. The molecule has 2 N–H and O–H groups in total. The first kappa shape index (κ1) is 16.3. The van der Waals surface area contributed by atoms with Gasteiger partial charge < -0.3 is 15.2 Å². The van der Waals surface area contributed by atoms with Crippen LogP contribution in [0.3, 0.4) is 0 Å². The summed E-state index contributed by atoms with van der Waals surface area (Å²) in [6, 6.07) is 10.5. The third kappa shape index (κ3) is 2.75. The van der Waals surface area contributed by atoms with Crippen molar-refractivity contribution in [3.05, 3.63) is 59.5 Å². The van der Waals surface area contributed by atoms with Crippen molar-refractivity contribution in [3.8, 4) is 11.5 Å². The Morgan fingerprint density at radius 3 is 3.07 bits per heavy atom. The molecule has 0 bridgehead atoms. The maximum absolute atomic E-state index is 11.8. The van der Waals surface area contributed by atoms with Gasteiger partial charge in [-0.1, -0.05) is 24.3 Å². The number of hydrogen-bond acceptors (Lipinski definition) is 4. The number of hydrogen-bond donors (Lipinski definition) is 2. The number of amides is 1. The summed E-state index contributed by atoms with van der Waals surface area (Å²) in [5, 5.41) is 11.3. The zero-order chi connectivity index (χ0) is 18.4. The molecule has 5 rings (SSSR count). The van der Waals surface area contributed by atoms with Crippen LogP contribution in [0.1, 0.15) is 29.8 Å². The molecule has 7 nitrogen and oxygen atoms in total. The van der Waals surface area contributed by atoms with Gasteiger partial charge in [0.2, 0.25) is 5.91 Å². The Labute approximate surface area is 157 Å². The van der Waals surface area contributed by atoms with Crippen LogP contribution in [0.2, 0.25) is 0 Å². The van der Waals surface area contributed by atoms with Crippen molar-refractivity contribution < 1.29 is 4.79 Å². The van der Waals surface area contributed by atoms with Crippen LogP contribution in [-0.4, -0.2) is 37.8 Å². The summed E-state index contributed by atoms with van der Waals surface area (Å²) >= 11 is 0. The number of rotatable bonds is 3. The largest absolute Gasteiger partial charge is 0.351 e. The van der Waals surface area contributed by atoms with Gasteiger partial charge in [0, 0.05) is 32.4 Å². The van der Waals surface area contributed by atoms with Gasteiger partial charge in [-0.3, -0.25) is 9.48 Å². The second-order valence-electron chi connectivity index (χ2n) is 7.23. The van der Waals surface area contributed by atoms with Crippen molar-refractivity contribution in [1.82, 2.24) is 30.0 Å². The highest BCUT2D eigenvalue weighted by Crippen LogP contribution is 2.37. The monoisotopic (exact) mass is 362 g/mol. The quantitative estimate of drug-likeness (QED) is 0.740. The highest BCUT2D eigenvalue weighted by atomic mass is 16.1. The Balaban J connectivity index is 1.59. The molecule has 27 heavy (non-hydrogen) atoms. The average molecular weight is 362 g/mol. The number of fused-ring (bicyclic) bond motifs is 2. The minimum absolute atomic E-state index is 0.00626. The maximum Gasteiger partial charge on any atom is 0.217 e. The highest BCUT2D eigenvalue weighted by Gasteiger charge is 2.35. The number of benzene rings is 1. The molecule has 0 fully saturated rings. The van der Waals surface area contributed by atoms with Gasteiger partial charge in [0.25, 0.3) is 0 Å². The zero-order valence-corrected chi connectivity index (χ0v) is 15.2. The normalized spacial score (nSPS) is 20.9. The number of carbonyl (C=O) groups excluding carboxylic acids is 1. The molecule has 3 heterocycles. The molecule has 3 aromatic rings. The lowest BCUT2D eigenvalue weighted by Crippen LogP contribution is -2.38. The first-order valence-electron chi connectivity index (χ1n) is 9.36. The van der Waals surface area contributed by atoms with E-state index in [4.69, 9.17) is 5.10 Å². The topological polar surface area (TPSA) is 76.8 Å². The fraction of sp³-hybridized carbons (Fsp3) is 0.350. The number of imidazole rings is 1. The van der Waals surface area contributed by atoms with Crippen molar-refractivity contribution in [2.24, 2.45) is 0 Å². The van der Waals surface area contributed by atoms with Crippen LogP contribution in [0.5, 0.6) is 0 Å². The van der Waals surface area contributed by atoms with Crippen molar-refractivity contribution in [3.63, 3.8) is 0 Å². The molecule has 2 aromatic heterocycles. The first-order valence-corrected chi connectivity index (χ1v) is 9.36. The molecule has 0 saturated heterocycles. The molecule has 2 atom stereocenters. The van der Waals surface area contributed by atoms with E-state index in [1.165, 1.54) is 16.8 Å². The number of nitrogens with one attached hydrogen (secondary N) is 2. The van der Waals surface area contributed by atoms with Gasteiger partial charge in [-0.15, -0.1) is 0 Å². The Hall–Kier alpha value is -2.93. The Kier molecular flexibility index (Phi) is 3.82. The lowest BCUT2D eigenvalue weighted by molar-refractivity contribution is -0.119. The maximum atomic E-state index is 11.8. The smallest absolute Gasteiger partial charge is 0.217 e. The molecule has 1 aromatic carbocycles. The molecule has 0 radical (unpaired) electrons. The summed E-state index contributed by atoms with van der Waals surface area (Å²) in [6.07, 6.45) is 4.63. The van der Waals surface area contributed by atoms with Crippen molar-refractivity contribution in [2.75, 3.05) is 6.54 Å². The van der Waals surface area contributed by atoms with Crippen molar-refractivity contribution in [1.29, 1.82) is 0 Å². The molecular weight excluding hydrogens is 340 g/mol. The van der Waals surface area contributed by atoms with Crippen LogP contribution in [0.15, 0.2) is 42.7 Å². The summed E-state index contributed by atoms with van der Waals surface area (Å²) < 4.78 is 4.22. The standard InChI is InChI=1S/C20H22N6O/c1-13(27)23-17-10-14-4-2-3-5-16(14)19(17)25-8-7-22-20(25)18-11-15-12-21-6-9-26(15)24-18/h2-5,7-8,11,17,19,21H,6,9-10,12H2,1H3,(H,23,27)/t17-,19-/m1/s1. The van der Waals surface area contributed by atoms with E-state index in [1.807, 2.05) is 12.4 Å². The zero-order valence-electron chi connectivity index (χ0n) is 15.2. The first-order chi connectivity index (χ1) is 13.2. The lowest BCUT2D eigenvalue weighted by Gasteiger charge is -2.24. The molecule has 0 saturated carbocycles. The molecule has 1 amide bonds. The predicted molar refractivity (Wildman–Crippen MR) is 101 cm³/mol. The predicted octanol–water partition coefficient (Wildman–Crippen LogP) is 1.50. The molecule has 0 spiro atoms. The van der Waals surface area contributed by atoms with Gasteiger partial charge in [-0.2, -0.15) is 5.10 Å². The third-order valence-corrected chi connectivity index (χ3v) is 5.45. The Bertz CT molecular complexity index is 980. The van der Waals surface area contributed by atoms with E-state index < -0.39 is 0 Å². The number of carbonyl (C=O) groups is 1. The fourth-order valence-corrected chi connectivity index (χ4v) is 4.35. The van der Waals surface area contributed by atoms with Crippen molar-refractivity contribution >= 4 is 5.91 Å². The van der Waals surface area contributed by atoms with Gasteiger partial charge in [-0.05, 0) is 23.6 Å². The van der Waals surface area contributed by atoms with Gasteiger partial charge in [0.1, 0.15) is 5.69 Å². The summed E-state index contributed by atoms with van der Waals surface area (Å²) in [4.78, 5) is 16.4. The Morgan fingerprint density at radius 1 is 1.33 bits per heavy atom. The van der Waals surface area contributed by atoms with E-state index in [9.17, 15) is 4.79 Å². The minimum atomic E-state index is -0.0111. The van der Waals surface area contributed by atoms with Gasteiger partial charge in [0.15, 0.2) is 5.82 Å². The van der Waals surface area contributed by atoms with Crippen LogP contribution in [0.4, 0.5) is 0 Å². The Morgan fingerprint density at radius 2 is 2.22 bits per heavy atom. The summed E-state index contributed by atoms with van der Waals surface area (Å²) in [5.74, 6) is 0.831. The lowest BCUT2D eigenvalue weighted by atomic mass is 10.1. The number of aromatic nitrogens is 4. The van der Waals surface area contributed by atoms with Crippen LogP contribution < -0.4 is 10.6 Å². The number of nitrogens with zero attached hydrogens (tertiary/aromatic N) is 4. The van der Waals surface area contributed by atoms with E-state index >= 15 is 0 Å². The molecule has 2 aliphatic rings. The van der Waals surface area contributed by atoms with Crippen LogP contribution >= 0.6 is 0 Å². The molecule has 138 valence electrons. The van der Waals surface area contributed by atoms with E-state index in [2.05, 4.69) is 55.2 Å². The fourth-order valence-electron chi connectivity index (χ4n) is 4.35. The third-order valence-electron chi connectivity index (χ3n) is 5.45. The second-order valence-corrected chi connectivity index (χ2v) is 7.23. The second kappa shape index (κ2) is 6.35.